The maximum Gasteiger partial charge on any atom is 0.206 e. The third-order valence-corrected chi connectivity index (χ3v) is 7.27. The van der Waals surface area contributed by atoms with Crippen molar-refractivity contribution in [3.63, 3.8) is 0 Å². The highest BCUT2D eigenvalue weighted by atomic mass is 79.9. The molecule has 3 heterocycles. The van der Waals surface area contributed by atoms with Crippen LogP contribution in [0.4, 0.5) is 5.95 Å². The van der Waals surface area contributed by atoms with Gasteiger partial charge in [0.2, 0.25) is 5.95 Å². The van der Waals surface area contributed by atoms with Gasteiger partial charge in [0.1, 0.15) is 5.52 Å². The Bertz CT molecular complexity index is 748. The predicted molar refractivity (Wildman–Crippen MR) is 95.6 cm³/mol. The van der Waals surface area contributed by atoms with Gasteiger partial charge < -0.3 is 14.6 Å². The highest BCUT2D eigenvalue weighted by molar-refractivity contribution is 9.13. The number of aryl methyl sites for hydroxylation is 2. The minimum Gasteiger partial charge on any atom is -0.393 e. The monoisotopic (exact) mass is 427 g/mol. The summed E-state index contributed by atoms with van der Waals surface area (Å²) in [6, 6.07) is 0. The van der Waals surface area contributed by atoms with E-state index in [9.17, 15) is 5.11 Å². The van der Waals surface area contributed by atoms with Crippen LogP contribution in [0.3, 0.4) is 0 Å². The van der Waals surface area contributed by atoms with Crippen molar-refractivity contribution >= 4 is 48.8 Å². The number of aromatic nitrogens is 2. The van der Waals surface area contributed by atoms with E-state index in [2.05, 4.69) is 48.3 Å². The lowest BCUT2D eigenvalue weighted by molar-refractivity contribution is 0.145. The van der Waals surface area contributed by atoms with Crippen molar-refractivity contribution in [1.82, 2.24) is 9.55 Å². The summed E-state index contributed by atoms with van der Waals surface area (Å²) < 4.78 is 4.57. The molecule has 1 aromatic heterocycles. The molecule has 0 bridgehead atoms. The quantitative estimate of drug-likeness (QED) is 0.751. The Labute approximate surface area is 146 Å². The summed E-state index contributed by atoms with van der Waals surface area (Å²) in [5.41, 5.74) is 5.10. The fourth-order valence-corrected chi connectivity index (χ4v) is 4.72. The van der Waals surface area contributed by atoms with Gasteiger partial charge in [0.15, 0.2) is 0 Å². The topological polar surface area (TPSA) is 41.3 Å². The van der Waals surface area contributed by atoms with Gasteiger partial charge in [0.05, 0.1) is 16.1 Å². The standard InChI is InChI=1S/C16H19Br2N3O/c1-9-11-3-2-6-21-15(11)14(13(18)12(9)17)19-16(21)20-7-4-10(22)5-8-20/h10,22H,2-8H2,1H3. The minimum absolute atomic E-state index is 0.152. The number of anilines is 1. The van der Waals surface area contributed by atoms with Gasteiger partial charge in [0, 0.05) is 24.1 Å². The van der Waals surface area contributed by atoms with Gasteiger partial charge in [-0.1, -0.05) is 0 Å². The van der Waals surface area contributed by atoms with E-state index in [0.717, 1.165) is 65.7 Å². The van der Waals surface area contributed by atoms with Crippen LogP contribution in [0.2, 0.25) is 0 Å². The maximum atomic E-state index is 9.74. The van der Waals surface area contributed by atoms with Crippen molar-refractivity contribution in [2.24, 2.45) is 0 Å². The van der Waals surface area contributed by atoms with Crippen LogP contribution in [-0.4, -0.2) is 33.9 Å². The molecule has 0 saturated carbocycles. The molecule has 0 atom stereocenters. The third kappa shape index (κ3) is 2.14. The number of benzene rings is 1. The van der Waals surface area contributed by atoms with Crippen molar-refractivity contribution in [2.45, 2.75) is 45.3 Å². The van der Waals surface area contributed by atoms with Crippen LogP contribution in [0.5, 0.6) is 0 Å². The normalized spacial score (nSPS) is 19.2. The molecule has 6 heteroatoms. The van der Waals surface area contributed by atoms with Gasteiger partial charge in [-0.25, -0.2) is 4.98 Å². The van der Waals surface area contributed by atoms with Crippen LogP contribution >= 0.6 is 31.9 Å². The molecule has 1 fully saturated rings. The molecule has 0 aliphatic carbocycles. The molecule has 0 unspecified atom stereocenters. The Hall–Kier alpha value is -0.590. The molecular formula is C16H19Br2N3O. The molecule has 4 rings (SSSR count). The Balaban J connectivity index is 1.91. The molecule has 2 aliphatic heterocycles. The van der Waals surface area contributed by atoms with Gasteiger partial charge in [-0.3, -0.25) is 0 Å². The van der Waals surface area contributed by atoms with E-state index in [1.54, 1.807) is 0 Å². The van der Waals surface area contributed by atoms with E-state index in [1.165, 1.54) is 16.6 Å². The Kier molecular flexibility index (Phi) is 3.74. The number of hydrogen-bond acceptors (Lipinski definition) is 3. The smallest absolute Gasteiger partial charge is 0.206 e. The number of hydrogen-bond donors (Lipinski definition) is 1. The second kappa shape index (κ2) is 5.49. The summed E-state index contributed by atoms with van der Waals surface area (Å²) in [6.45, 7) is 4.99. The molecule has 0 amide bonds. The number of aliphatic hydroxyl groups is 1. The summed E-state index contributed by atoms with van der Waals surface area (Å²) in [4.78, 5) is 7.30. The molecule has 22 heavy (non-hydrogen) atoms. The first kappa shape index (κ1) is 15.0. The van der Waals surface area contributed by atoms with E-state index in [1.807, 2.05) is 0 Å². The van der Waals surface area contributed by atoms with Gasteiger partial charge in [0.25, 0.3) is 0 Å². The minimum atomic E-state index is -0.152. The molecular weight excluding hydrogens is 410 g/mol. The number of aliphatic hydroxyl groups excluding tert-OH is 1. The molecule has 0 radical (unpaired) electrons. The first-order chi connectivity index (χ1) is 10.6. The SMILES string of the molecule is Cc1c(Br)c(Br)c2nc(N3CCC(O)CC3)n3c2c1CCC3. The molecule has 118 valence electrons. The Morgan fingerprint density at radius 1 is 1.14 bits per heavy atom. The Morgan fingerprint density at radius 2 is 1.86 bits per heavy atom. The van der Waals surface area contributed by atoms with Gasteiger partial charge in [-0.2, -0.15) is 0 Å². The van der Waals surface area contributed by atoms with E-state index < -0.39 is 0 Å². The van der Waals surface area contributed by atoms with Crippen molar-refractivity contribution < 1.29 is 5.11 Å². The summed E-state index contributed by atoms with van der Waals surface area (Å²) in [6.07, 6.45) is 3.80. The second-order valence-corrected chi connectivity index (χ2v) is 7.90. The first-order valence-corrected chi connectivity index (χ1v) is 9.46. The van der Waals surface area contributed by atoms with E-state index in [-0.39, 0.29) is 6.10 Å². The van der Waals surface area contributed by atoms with E-state index in [4.69, 9.17) is 4.98 Å². The third-order valence-electron chi connectivity index (χ3n) is 4.97. The number of rotatable bonds is 1. The van der Waals surface area contributed by atoms with Gasteiger partial charge in [-0.15, -0.1) is 0 Å². The number of piperidine rings is 1. The summed E-state index contributed by atoms with van der Waals surface area (Å²) >= 11 is 7.43. The van der Waals surface area contributed by atoms with Crippen LogP contribution in [-0.2, 0) is 13.0 Å². The zero-order valence-corrected chi connectivity index (χ0v) is 15.7. The summed E-state index contributed by atoms with van der Waals surface area (Å²) in [7, 11) is 0. The maximum absolute atomic E-state index is 9.74. The van der Waals surface area contributed by atoms with Crippen LogP contribution in [0, 0.1) is 6.92 Å². The van der Waals surface area contributed by atoms with Gasteiger partial charge >= 0.3 is 0 Å². The fourth-order valence-electron chi connectivity index (χ4n) is 3.72. The van der Waals surface area contributed by atoms with Crippen molar-refractivity contribution in [3.8, 4) is 0 Å². The fraction of sp³-hybridized carbons (Fsp3) is 0.562. The average molecular weight is 429 g/mol. The lowest BCUT2D eigenvalue weighted by Gasteiger charge is -2.31. The molecule has 2 aliphatic rings. The van der Waals surface area contributed by atoms with E-state index >= 15 is 0 Å². The Morgan fingerprint density at radius 3 is 2.59 bits per heavy atom. The van der Waals surface area contributed by atoms with Crippen molar-refractivity contribution in [1.29, 1.82) is 0 Å². The second-order valence-electron chi connectivity index (χ2n) is 6.31. The van der Waals surface area contributed by atoms with E-state index in [0.29, 0.717) is 0 Å². The highest BCUT2D eigenvalue weighted by Gasteiger charge is 2.28. The summed E-state index contributed by atoms with van der Waals surface area (Å²) in [5, 5.41) is 9.74. The molecule has 4 nitrogen and oxygen atoms in total. The van der Waals surface area contributed by atoms with Crippen molar-refractivity contribution in [2.75, 3.05) is 18.0 Å². The van der Waals surface area contributed by atoms with Crippen molar-refractivity contribution in [3.05, 3.63) is 20.1 Å². The molecule has 1 N–H and O–H groups in total. The first-order valence-electron chi connectivity index (χ1n) is 7.87. The van der Waals surface area contributed by atoms with Crippen LogP contribution in [0.15, 0.2) is 8.95 Å². The molecule has 1 saturated heterocycles. The molecule has 0 spiro atoms. The zero-order valence-electron chi connectivity index (χ0n) is 12.6. The number of halogens is 2. The lowest BCUT2D eigenvalue weighted by Crippen LogP contribution is -2.37. The zero-order chi connectivity index (χ0) is 15.4. The van der Waals surface area contributed by atoms with Crippen LogP contribution < -0.4 is 4.90 Å². The molecule has 2 aromatic rings. The summed E-state index contributed by atoms with van der Waals surface area (Å²) in [5.74, 6) is 1.07. The largest absolute Gasteiger partial charge is 0.393 e. The number of nitrogens with zero attached hydrogens (tertiary/aromatic N) is 3. The number of imidazole rings is 1. The lowest BCUT2D eigenvalue weighted by atomic mass is 9.99. The van der Waals surface area contributed by atoms with Crippen LogP contribution in [0.25, 0.3) is 11.0 Å². The van der Waals surface area contributed by atoms with Gasteiger partial charge in [-0.05, 0) is 75.6 Å². The predicted octanol–water partition coefficient (Wildman–Crippen LogP) is 3.78. The highest BCUT2D eigenvalue weighted by Crippen LogP contribution is 2.41. The van der Waals surface area contributed by atoms with Crippen LogP contribution in [0.1, 0.15) is 30.4 Å². The molecule has 1 aromatic carbocycles. The average Bonchev–Trinajstić information content (AvgIpc) is 2.92.